The number of carbonyl (C=O) groups excluding carboxylic acids is 1. The van der Waals surface area contributed by atoms with Crippen molar-refractivity contribution in [3.8, 4) is 0 Å². The summed E-state index contributed by atoms with van der Waals surface area (Å²) in [7, 11) is 2.72. The number of hydrogen-bond acceptors (Lipinski definition) is 27. The molecular formula is C34H43N15O15P2S2. The molecule has 0 amide bonds. The van der Waals surface area contributed by atoms with Crippen molar-refractivity contribution < 1.29 is 71.3 Å². The van der Waals surface area contributed by atoms with E-state index < -0.39 is 100 Å². The molecule has 68 heavy (non-hydrogen) atoms. The fraction of sp³-hybridized carbons (Fsp3) is 0.529. The van der Waals surface area contributed by atoms with Crippen molar-refractivity contribution in [3.63, 3.8) is 0 Å². The predicted molar refractivity (Wildman–Crippen MR) is 236 cm³/mol. The van der Waals surface area contributed by atoms with Gasteiger partial charge in [0.25, 0.3) is 6.47 Å². The van der Waals surface area contributed by atoms with Crippen LogP contribution in [0.15, 0.2) is 38.0 Å². The van der Waals surface area contributed by atoms with E-state index in [1.54, 1.807) is 0 Å². The summed E-state index contributed by atoms with van der Waals surface area (Å²) in [4.78, 5) is 71.8. The van der Waals surface area contributed by atoms with Gasteiger partial charge in [-0.3, -0.25) is 27.5 Å². The minimum absolute atomic E-state index is 0.0350. The van der Waals surface area contributed by atoms with E-state index in [2.05, 4.69) is 44.9 Å². The first-order valence-electron chi connectivity index (χ1n) is 20.2. The Morgan fingerprint density at radius 2 is 1.03 bits per heavy atom. The number of nitrogen functional groups attached to an aromatic ring is 3. The highest BCUT2D eigenvalue weighted by Gasteiger charge is 2.53. The van der Waals surface area contributed by atoms with Crippen LogP contribution in [0, 0.1) is 0 Å². The van der Waals surface area contributed by atoms with E-state index in [0.29, 0.717) is 6.47 Å². The van der Waals surface area contributed by atoms with Gasteiger partial charge in [0.15, 0.2) is 53.1 Å². The molecule has 0 radical (unpaired) electrons. The average molecular weight is 1030 g/mol. The van der Waals surface area contributed by atoms with Crippen molar-refractivity contribution in [2.75, 3.05) is 51.2 Å². The summed E-state index contributed by atoms with van der Waals surface area (Å²) in [5.74, 6) is 0.249. The molecule has 3 fully saturated rings. The molecule has 10 N–H and O–H groups in total. The Hall–Kier alpha value is -4.70. The number of anilines is 3. The number of rotatable bonds is 19. The fourth-order valence-electron chi connectivity index (χ4n) is 8.23. The molecule has 34 heteroatoms. The minimum Gasteiger partial charge on any atom is -0.468 e. The number of nitrogens with zero attached hydrogens (tertiary/aromatic N) is 12. The topological polar surface area (TPSA) is 399 Å². The summed E-state index contributed by atoms with van der Waals surface area (Å²) in [6.07, 6.45) is -6.45. The molecule has 9 rings (SSSR count). The van der Waals surface area contributed by atoms with E-state index in [4.69, 9.17) is 87.3 Å². The number of carbonyl (C=O) groups is 1. The van der Waals surface area contributed by atoms with Crippen LogP contribution in [-0.4, -0.2) is 174 Å². The summed E-state index contributed by atoms with van der Waals surface area (Å²) in [6.45, 7) is -9.48. The molecule has 0 aliphatic carbocycles. The summed E-state index contributed by atoms with van der Waals surface area (Å²) < 4.78 is 63.6. The average Bonchev–Trinajstić information content (AvgIpc) is 4.17. The van der Waals surface area contributed by atoms with Gasteiger partial charge < -0.3 is 74.7 Å². The fourth-order valence-corrected chi connectivity index (χ4v) is 11.0. The molecule has 0 spiro atoms. The third kappa shape index (κ3) is 9.24. The van der Waals surface area contributed by atoms with E-state index in [9.17, 15) is 24.8 Å². The smallest absolute Gasteiger partial charge is 0.325 e. The van der Waals surface area contributed by atoms with E-state index in [-0.39, 0.29) is 64.0 Å². The van der Waals surface area contributed by atoms with Crippen LogP contribution in [0.1, 0.15) is 25.1 Å². The third-order valence-electron chi connectivity index (χ3n) is 11.3. The molecule has 3 saturated heterocycles. The number of aliphatic hydroxyl groups excluding tert-OH is 2. The van der Waals surface area contributed by atoms with Gasteiger partial charge in [0.2, 0.25) is 0 Å². The Morgan fingerprint density at radius 3 is 1.49 bits per heavy atom. The number of fused-ring (bicyclic) bond motifs is 3. The zero-order valence-electron chi connectivity index (χ0n) is 35.4. The van der Waals surface area contributed by atoms with Gasteiger partial charge in [-0.05, 0) is 23.6 Å². The largest absolute Gasteiger partial charge is 0.468 e. The van der Waals surface area contributed by atoms with Gasteiger partial charge in [0.1, 0.15) is 84.4 Å². The SMILES string of the molecule is CO[C@H]1[C@@H](O[P@@](O)(=S)OC[C@H]2O[C@@H](n3cnc4c(N)ncnc43)[C@H](O)[C@@H]2O)[C@H](n2cnc3c(N)ncnc32)O[C@@H]1CO[P@@](O)(=S)O[C@@H]1[C@H](OC)[C@@H](CCOC=O)O[C@H]1n1cnc2c(N)ncnc21. The number of imidazole rings is 3. The molecule has 9 heterocycles. The van der Waals surface area contributed by atoms with Crippen LogP contribution in [0.25, 0.3) is 33.5 Å². The zero-order chi connectivity index (χ0) is 48.1. The summed E-state index contributed by atoms with van der Waals surface area (Å²) in [5.41, 5.74) is 19.5. The van der Waals surface area contributed by atoms with Gasteiger partial charge in [0.05, 0.1) is 44.9 Å². The van der Waals surface area contributed by atoms with E-state index >= 15 is 0 Å². The lowest BCUT2D eigenvalue weighted by molar-refractivity contribution is -0.130. The molecule has 6 aromatic rings. The number of hydrogen-bond donors (Lipinski definition) is 7. The standard InChI is InChI=1S/C34H43N15O15P2S2/c1-55-22-14(3-4-57-13-50)60-33(48-11-45-18-27(36)39-8-42-30(18)48)24(22)63-66(54,68)59-6-16-23(56-2)25(34(62-16)49-12-46-19-28(37)40-9-43-31(19)49)64-65(53,67)58-5-15-20(51)21(52)32(61-15)47-10-44-17-26(35)38-7-41-29(17)47/h7-16,20-25,32-34,51-52H,3-6H2,1-2H3,(H,53,67)(H,54,68)(H2,35,38,41)(H2,36,39,42)(H2,37,40,43)/t14-,15-,16-,20-,21-,22-,23-,24-,25-,32-,33-,34-,65+,66-/m1/s1. The van der Waals surface area contributed by atoms with Crippen molar-refractivity contribution in [1.29, 1.82) is 0 Å². The zero-order valence-corrected chi connectivity index (χ0v) is 38.8. The Labute approximate surface area is 392 Å². The lowest BCUT2D eigenvalue weighted by Gasteiger charge is -2.29. The Balaban J connectivity index is 0.936. The minimum atomic E-state index is -4.36. The molecule has 366 valence electrons. The lowest BCUT2D eigenvalue weighted by Crippen LogP contribution is -2.38. The van der Waals surface area contributed by atoms with Gasteiger partial charge in [-0.15, -0.1) is 0 Å². The molecule has 0 aromatic carbocycles. The molecule has 0 saturated carbocycles. The van der Waals surface area contributed by atoms with Crippen molar-refractivity contribution >= 4 is 94.5 Å². The summed E-state index contributed by atoms with van der Waals surface area (Å²) in [5, 5.41) is 22.0. The number of aromatic nitrogens is 12. The second-order valence-electron chi connectivity index (χ2n) is 15.3. The van der Waals surface area contributed by atoms with Crippen molar-refractivity contribution in [2.24, 2.45) is 0 Å². The predicted octanol–water partition coefficient (Wildman–Crippen LogP) is -1.50. The molecule has 6 aromatic heterocycles. The number of methoxy groups -OCH3 is 2. The number of nitrogens with two attached hydrogens (primary N) is 3. The lowest BCUT2D eigenvalue weighted by atomic mass is 10.1. The Bertz CT molecular complexity index is 2890. The normalized spacial score (nSPS) is 30.3. The number of ether oxygens (including phenoxy) is 6. The van der Waals surface area contributed by atoms with Gasteiger partial charge >= 0.3 is 13.4 Å². The van der Waals surface area contributed by atoms with Crippen molar-refractivity contribution in [2.45, 2.75) is 80.0 Å². The van der Waals surface area contributed by atoms with E-state index in [0.717, 1.165) is 0 Å². The van der Waals surface area contributed by atoms with Crippen LogP contribution in [0.3, 0.4) is 0 Å². The van der Waals surface area contributed by atoms with E-state index in [1.165, 1.54) is 65.9 Å². The molecular weight excluding hydrogens is 985 g/mol. The van der Waals surface area contributed by atoms with Crippen LogP contribution in [0.4, 0.5) is 17.5 Å². The second-order valence-corrected chi connectivity index (χ2v) is 20.8. The van der Waals surface area contributed by atoms with Crippen LogP contribution < -0.4 is 17.2 Å². The van der Waals surface area contributed by atoms with Gasteiger partial charge in [-0.1, -0.05) is 0 Å². The maximum absolute atomic E-state index is 11.7. The monoisotopic (exact) mass is 1030 g/mol. The maximum Gasteiger partial charge on any atom is 0.325 e. The first-order chi connectivity index (χ1) is 32.6. The first-order valence-corrected chi connectivity index (χ1v) is 25.4. The molecule has 3 aliphatic rings. The van der Waals surface area contributed by atoms with Crippen LogP contribution >= 0.6 is 13.4 Å². The Kier molecular flexibility index (Phi) is 13.9. The number of aliphatic hydroxyl groups is 2. The summed E-state index contributed by atoms with van der Waals surface area (Å²) >= 11 is 11.0. The third-order valence-corrected chi connectivity index (χ3v) is 14.5. The van der Waals surface area contributed by atoms with Gasteiger partial charge in [0, 0.05) is 20.6 Å². The van der Waals surface area contributed by atoms with Crippen LogP contribution in [0.5, 0.6) is 0 Å². The molecule has 0 unspecified atom stereocenters. The van der Waals surface area contributed by atoms with Crippen LogP contribution in [-0.2, 0) is 74.9 Å². The second kappa shape index (κ2) is 19.6. The van der Waals surface area contributed by atoms with Crippen molar-refractivity contribution in [1.82, 2.24) is 58.6 Å². The van der Waals surface area contributed by atoms with Gasteiger partial charge in [-0.25, -0.2) is 44.9 Å². The molecule has 14 atom stereocenters. The Morgan fingerprint density at radius 1 is 0.618 bits per heavy atom. The molecule has 30 nitrogen and oxygen atoms in total. The molecule has 3 aliphatic heterocycles. The maximum atomic E-state index is 11.7. The van der Waals surface area contributed by atoms with Crippen LogP contribution in [0.2, 0.25) is 0 Å². The van der Waals surface area contributed by atoms with Gasteiger partial charge in [-0.2, -0.15) is 0 Å². The highest BCUT2D eigenvalue weighted by molar-refractivity contribution is 8.07. The highest BCUT2D eigenvalue weighted by atomic mass is 32.5. The van der Waals surface area contributed by atoms with Crippen molar-refractivity contribution in [3.05, 3.63) is 38.0 Å². The summed E-state index contributed by atoms with van der Waals surface area (Å²) in [6, 6.07) is 0. The first kappa shape index (κ1) is 48.3. The highest BCUT2D eigenvalue weighted by Crippen LogP contribution is 2.54. The molecule has 0 bridgehead atoms. The van der Waals surface area contributed by atoms with E-state index in [1.807, 2.05) is 0 Å². The quantitative estimate of drug-likeness (QED) is 0.0276.